The summed E-state index contributed by atoms with van der Waals surface area (Å²) in [6.45, 7) is 1.73. The molecule has 1 heterocycles. The molecule has 94 valence electrons. The summed E-state index contributed by atoms with van der Waals surface area (Å²) < 4.78 is 14.6. The van der Waals surface area contributed by atoms with Gasteiger partial charge in [-0.05, 0) is 36.8 Å². The van der Waals surface area contributed by atoms with Crippen LogP contribution in [-0.2, 0) is 7.05 Å². The highest BCUT2D eigenvalue weighted by Crippen LogP contribution is 2.17. The second-order valence-corrected chi connectivity index (χ2v) is 4.18. The highest BCUT2D eigenvalue weighted by molar-refractivity contribution is 6.04. The van der Waals surface area contributed by atoms with Gasteiger partial charge >= 0.3 is 0 Å². The van der Waals surface area contributed by atoms with Crippen LogP contribution in [0.15, 0.2) is 30.5 Å². The molecule has 1 aromatic heterocycles. The van der Waals surface area contributed by atoms with Gasteiger partial charge in [0, 0.05) is 18.9 Å². The minimum absolute atomic E-state index is 0.274. The van der Waals surface area contributed by atoms with Gasteiger partial charge in [-0.2, -0.15) is 0 Å². The van der Waals surface area contributed by atoms with E-state index < -0.39 is 0 Å². The first-order chi connectivity index (χ1) is 8.47. The number of hydrogen-bond acceptors (Lipinski definition) is 2. The number of anilines is 2. The Morgan fingerprint density at radius 3 is 2.67 bits per heavy atom. The first-order valence-corrected chi connectivity index (χ1v) is 5.46. The smallest absolute Gasteiger partial charge is 0.272 e. The molecular formula is C13H14FN3O. The summed E-state index contributed by atoms with van der Waals surface area (Å²) in [6, 6.07) is 5.81. The van der Waals surface area contributed by atoms with Crippen molar-refractivity contribution in [3.63, 3.8) is 0 Å². The standard InChI is InChI=1S/C13H14FN3O/c1-8-5-9(14)3-4-11(8)16-13(18)12-6-10(15)7-17(12)2/h3-7H,15H2,1-2H3,(H,16,18). The van der Waals surface area contributed by atoms with Crippen LogP contribution in [0, 0.1) is 12.7 Å². The number of benzene rings is 1. The number of nitrogens with two attached hydrogens (primary N) is 1. The van der Waals surface area contributed by atoms with E-state index in [4.69, 9.17) is 5.73 Å². The van der Waals surface area contributed by atoms with Crippen LogP contribution in [0.2, 0.25) is 0 Å². The van der Waals surface area contributed by atoms with E-state index in [1.54, 1.807) is 30.8 Å². The quantitative estimate of drug-likeness (QED) is 0.855. The van der Waals surface area contributed by atoms with E-state index in [9.17, 15) is 9.18 Å². The van der Waals surface area contributed by atoms with E-state index in [-0.39, 0.29) is 11.7 Å². The summed E-state index contributed by atoms with van der Waals surface area (Å²) in [5.74, 6) is -0.600. The predicted molar refractivity (Wildman–Crippen MR) is 68.9 cm³/mol. The van der Waals surface area contributed by atoms with Crippen molar-refractivity contribution < 1.29 is 9.18 Å². The zero-order chi connectivity index (χ0) is 13.3. The molecule has 0 unspecified atom stereocenters. The number of nitrogens with one attached hydrogen (secondary N) is 1. The van der Waals surface area contributed by atoms with E-state index >= 15 is 0 Å². The summed E-state index contributed by atoms with van der Waals surface area (Å²) in [7, 11) is 1.74. The molecule has 0 saturated heterocycles. The molecule has 0 saturated carbocycles. The highest BCUT2D eigenvalue weighted by Gasteiger charge is 2.12. The Balaban J connectivity index is 2.24. The third-order valence-corrected chi connectivity index (χ3v) is 2.70. The number of hydrogen-bond donors (Lipinski definition) is 2. The van der Waals surface area contributed by atoms with E-state index in [0.717, 1.165) is 0 Å². The lowest BCUT2D eigenvalue weighted by Gasteiger charge is -2.08. The lowest BCUT2D eigenvalue weighted by molar-refractivity contribution is 0.101. The fourth-order valence-corrected chi connectivity index (χ4v) is 1.77. The predicted octanol–water partition coefficient (Wildman–Crippen LogP) is 2.31. The molecule has 0 bridgehead atoms. The molecule has 1 amide bonds. The van der Waals surface area contributed by atoms with Crippen LogP contribution in [0.3, 0.4) is 0 Å². The fourth-order valence-electron chi connectivity index (χ4n) is 1.77. The largest absolute Gasteiger partial charge is 0.397 e. The van der Waals surface area contributed by atoms with Crippen LogP contribution >= 0.6 is 0 Å². The highest BCUT2D eigenvalue weighted by atomic mass is 19.1. The Kier molecular flexibility index (Phi) is 3.06. The number of carbonyl (C=O) groups is 1. The Bertz CT molecular complexity index is 604. The van der Waals surface area contributed by atoms with Gasteiger partial charge in [0.2, 0.25) is 0 Å². The maximum absolute atomic E-state index is 12.9. The number of amides is 1. The molecule has 3 N–H and O–H groups in total. The van der Waals surface area contributed by atoms with Crippen LogP contribution in [0.4, 0.5) is 15.8 Å². The first-order valence-electron chi connectivity index (χ1n) is 5.46. The Labute approximate surface area is 104 Å². The van der Waals surface area contributed by atoms with Crippen molar-refractivity contribution in [3.05, 3.63) is 47.5 Å². The fraction of sp³-hybridized carbons (Fsp3) is 0.154. The van der Waals surface area contributed by atoms with Gasteiger partial charge in [0.25, 0.3) is 5.91 Å². The van der Waals surface area contributed by atoms with Crippen molar-refractivity contribution >= 4 is 17.3 Å². The monoisotopic (exact) mass is 247 g/mol. The summed E-state index contributed by atoms with van der Waals surface area (Å²) in [6.07, 6.45) is 1.66. The number of nitrogens with zero attached hydrogens (tertiary/aromatic N) is 1. The Morgan fingerprint density at radius 2 is 2.11 bits per heavy atom. The number of rotatable bonds is 2. The van der Waals surface area contributed by atoms with Gasteiger partial charge in [-0.25, -0.2) is 4.39 Å². The molecule has 4 nitrogen and oxygen atoms in total. The molecular weight excluding hydrogens is 233 g/mol. The van der Waals surface area contributed by atoms with Crippen LogP contribution in [-0.4, -0.2) is 10.5 Å². The summed E-state index contributed by atoms with van der Waals surface area (Å²) in [5.41, 5.74) is 7.85. The van der Waals surface area contributed by atoms with Crippen molar-refractivity contribution in [2.75, 3.05) is 11.1 Å². The lowest BCUT2D eigenvalue weighted by atomic mass is 10.2. The first kappa shape index (κ1) is 12.2. The zero-order valence-electron chi connectivity index (χ0n) is 10.2. The van der Waals surface area contributed by atoms with Gasteiger partial charge in [-0.3, -0.25) is 4.79 Å². The van der Waals surface area contributed by atoms with Gasteiger partial charge in [0.15, 0.2) is 0 Å². The average molecular weight is 247 g/mol. The number of aryl methyl sites for hydroxylation is 2. The maximum atomic E-state index is 12.9. The maximum Gasteiger partial charge on any atom is 0.272 e. The number of nitrogen functional groups attached to an aromatic ring is 1. The number of aromatic nitrogens is 1. The van der Waals surface area contributed by atoms with Crippen LogP contribution < -0.4 is 11.1 Å². The van der Waals surface area contributed by atoms with Crippen molar-refractivity contribution in [1.29, 1.82) is 0 Å². The van der Waals surface area contributed by atoms with Crippen molar-refractivity contribution in [1.82, 2.24) is 4.57 Å². The van der Waals surface area contributed by atoms with Crippen molar-refractivity contribution in [3.8, 4) is 0 Å². The minimum atomic E-state index is -0.325. The van der Waals surface area contributed by atoms with E-state index in [2.05, 4.69) is 5.32 Å². The molecule has 2 aromatic rings. The number of carbonyl (C=O) groups excluding carboxylic acids is 1. The van der Waals surface area contributed by atoms with Crippen LogP contribution in [0.25, 0.3) is 0 Å². The SMILES string of the molecule is Cc1cc(F)ccc1NC(=O)c1cc(N)cn1C. The summed E-state index contributed by atoms with van der Waals surface area (Å²) >= 11 is 0. The van der Waals surface area contributed by atoms with Gasteiger partial charge in [-0.15, -0.1) is 0 Å². The molecule has 0 aliphatic heterocycles. The summed E-state index contributed by atoms with van der Waals surface area (Å²) in [4.78, 5) is 12.0. The average Bonchev–Trinajstić information content (AvgIpc) is 2.62. The van der Waals surface area contributed by atoms with E-state index in [1.165, 1.54) is 18.2 Å². The molecule has 0 spiro atoms. The second kappa shape index (κ2) is 4.52. The molecule has 2 rings (SSSR count). The topological polar surface area (TPSA) is 60.1 Å². The number of halogens is 1. The molecule has 0 aliphatic rings. The van der Waals surface area contributed by atoms with E-state index in [0.29, 0.717) is 22.6 Å². The molecule has 5 heteroatoms. The lowest BCUT2D eigenvalue weighted by Crippen LogP contribution is -2.16. The summed E-state index contributed by atoms with van der Waals surface area (Å²) in [5, 5.41) is 2.73. The molecule has 0 atom stereocenters. The van der Waals surface area contributed by atoms with Crippen LogP contribution in [0.1, 0.15) is 16.1 Å². The van der Waals surface area contributed by atoms with Crippen molar-refractivity contribution in [2.45, 2.75) is 6.92 Å². The van der Waals surface area contributed by atoms with Crippen molar-refractivity contribution in [2.24, 2.45) is 7.05 Å². The van der Waals surface area contributed by atoms with Gasteiger partial charge < -0.3 is 15.6 Å². The third kappa shape index (κ3) is 2.34. The minimum Gasteiger partial charge on any atom is -0.397 e. The third-order valence-electron chi connectivity index (χ3n) is 2.70. The normalized spacial score (nSPS) is 10.4. The van der Waals surface area contributed by atoms with Gasteiger partial charge in [0.05, 0.1) is 5.69 Å². The van der Waals surface area contributed by atoms with E-state index in [1.807, 2.05) is 0 Å². The molecule has 0 aliphatic carbocycles. The zero-order valence-corrected chi connectivity index (χ0v) is 10.2. The second-order valence-electron chi connectivity index (χ2n) is 4.18. The van der Waals surface area contributed by atoms with Gasteiger partial charge in [-0.1, -0.05) is 0 Å². The molecule has 0 fully saturated rings. The Morgan fingerprint density at radius 1 is 1.39 bits per heavy atom. The Hall–Kier alpha value is -2.30. The molecule has 0 radical (unpaired) electrons. The molecule has 1 aromatic carbocycles. The molecule has 18 heavy (non-hydrogen) atoms. The van der Waals surface area contributed by atoms with Gasteiger partial charge in [0.1, 0.15) is 11.5 Å². The van der Waals surface area contributed by atoms with Crippen LogP contribution in [0.5, 0.6) is 0 Å².